The zero-order valence-corrected chi connectivity index (χ0v) is 22.4. The summed E-state index contributed by atoms with van der Waals surface area (Å²) < 4.78 is 22.0. The maximum Gasteiger partial charge on any atom is 0.118 e. The van der Waals surface area contributed by atoms with Crippen LogP contribution in [0, 0.1) is 0 Å². The Morgan fingerprint density at radius 3 is 1.79 bits per heavy atom. The van der Waals surface area contributed by atoms with Gasteiger partial charge in [-0.2, -0.15) is 0 Å². The summed E-state index contributed by atoms with van der Waals surface area (Å²) in [7, 11) is 3.37. The predicted molar refractivity (Wildman–Crippen MR) is 143 cm³/mol. The average Bonchev–Trinajstić information content (AvgIpc) is 2.87. The number of unbranched alkanes of at least 4 members (excludes halogenated alkanes) is 14. The molecule has 0 aromatic heterocycles. The fraction of sp³-hybridized carbons (Fsp3) is 0.733. The van der Waals surface area contributed by atoms with Gasteiger partial charge in [0.1, 0.15) is 18.5 Å². The van der Waals surface area contributed by atoms with Crippen molar-refractivity contribution < 1.29 is 18.9 Å². The van der Waals surface area contributed by atoms with Gasteiger partial charge in [-0.3, -0.25) is 0 Å². The van der Waals surface area contributed by atoms with Crippen molar-refractivity contribution in [3.8, 4) is 5.75 Å². The quantitative estimate of drug-likeness (QED) is 0.110. The Bertz CT molecular complexity index is 570. The van der Waals surface area contributed by atoms with E-state index in [9.17, 15) is 0 Å². The third kappa shape index (κ3) is 17.9. The fourth-order valence-corrected chi connectivity index (χ4v) is 3.97. The molecule has 1 aromatic carbocycles. The van der Waals surface area contributed by atoms with E-state index in [-0.39, 0.29) is 6.10 Å². The molecule has 0 aliphatic carbocycles. The summed E-state index contributed by atoms with van der Waals surface area (Å²) in [5, 5.41) is 0. The molecule has 0 amide bonds. The van der Waals surface area contributed by atoms with Crippen molar-refractivity contribution in [2.24, 2.45) is 0 Å². The Balaban J connectivity index is 1.87. The summed E-state index contributed by atoms with van der Waals surface area (Å²) in [6, 6.07) is 7.91. The van der Waals surface area contributed by atoms with Gasteiger partial charge in [-0.1, -0.05) is 103 Å². The highest BCUT2D eigenvalue weighted by Crippen LogP contribution is 2.14. The van der Waals surface area contributed by atoms with E-state index in [1.54, 1.807) is 14.2 Å². The smallest absolute Gasteiger partial charge is 0.118 e. The van der Waals surface area contributed by atoms with E-state index in [2.05, 4.69) is 13.0 Å². The van der Waals surface area contributed by atoms with Gasteiger partial charge in [-0.15, -0.1) is 0 Å². The molecule has 196 valence electrons. The zero-order valence-electron chi connectivity index (χ0n) is 22.4. The van der Waals surface area contributed by atoms with E-state index >= 15 is 0 Å². The molecule has 0 N–H and O–H groups in total. The molecule has 0 fully saturated rings. The summed E-state index contributed by atoms with van der Waals surface area (Å²) in [6.45, 7) is 3.86. The Morgan fingerprint density at radius 1 is 0.706 bits per heavy atom. The second-order valence-electron chi connectivity index (χ2n) is 9.31. The SMILES string of the molecule is CCCCCCCCCCCCCCCC/C=C/OC[C@@H](COCc1ccc(OC)cc1)OC. The molecule has 1 rings (SSSR count). The van der Waals surface area contributed by atoms with Crippen molar-refractivity contribution in [2.45, 2.75) is 116 Å². The second-order valence-corrected chi connectivity index (χ2v) is 9.31. The first-order chi connectivity index (χ1) is 16.8. The largest absolute Gasteiger partial charge is 0.499 e. The van der Waals surface area contributed by atoms with Crippen LogP contribution in [0.3, 0.4) is 0 Å². The second kappa shape index (κ2) is 23.2. The van der Waals surface area contributed by atoms with Crippen LogP contribution in [-0.4, -0.2) is 33.5 Å². The van der Waals surface area contributed by atoms with Crippen molar-refractivity contribution in [1.29, 1.82) is 0 Å². The monoisotopic (exact) mass is 476 g/mol. The molecule has 0 heterocycles. The van der Waals surface area contributed by atoms with Gasteiger partial charge in [0.15, 0.2) is 0 Å². The number of ether oxygens (including phenoxy) is 4. The normalized spacial score (nSPS) is 12.3. The lowest BCUT2D eigenvalue weighted by atomic mass is 10.0. The molecule has 1 atom stereocenters. The van der Waals surface area contributed by atoms with Gasteiger partial charge in [0.25, 0.3) is 0 Å². The van der Waals surface area contributed by atoms with E-state index in [0.29, 0.717) is 19.8 Å². The van der Waals surface area contributed by atoms with Gasteiger partial charge < -0.3 is 18.9 Å². The lowest BCUT2D eigenvalue weighted by molar-refractivity contribution is -0.0279. The molecule has 0 unspecified atom stereocenters. The number of allylic oxidation sites excluding steroid dienone is 1. The first-order valence-electron chi connectivity index (χ1n) is 13.8. The van der Waals surface area contributed by atoms with Gasteiger partial charge in [0.05, 0.1) is 26.6 Å². The highest BCUT2D eigenvalue weighted by atomic mass is 16.5. The van der Waals surface area contributed by atoms with Gasteiger partial charge >= 0.3 is 0 Å². The molecule has 0 aliphatic heterocycles. The molecule has 0 spiro atoms. The molecule has 4 nitrogen and oxygen atoms in total. The minimum Gasteiger partial charge on any atom is -0.499 e. The van der Waals surface area contributed by atoms with Gasteiger partial charge in [0, 0.05) is 7.11 Å². The number of hydrogen-bond donors (Lipinski definition) is 0. The van der Waals surface area contributed by atoms with Crippen LogP contribution in [-0.2, 0) is 20.8 Å². The molecular formula is C30H52O4. The van der Waals surface area contributed by atoms with Crippen LogP contribution < -0.4 is 4.74 Å². The van der Waals surface area contributed by atoms with Crippen LogP contribution in [0.4, 0.5) is 0 Å². The lowest BCUT2D eigenvalue weighted by Gasteiger charge is -2.15. The first-order valence-corrected chi connectivity index (χ1v) is 13.8. The molecule has 34 heavy (non-hydrogen) atoms. The molecule has 0 aliphatic rings. The van der Waals surface area contributed by atoms with Crippen molar-refractivity contribution >= 4 is 0 Å². The minimum absolute atomic E-state index is 0.0658. The fourth-order valence-electron chi connectivity index (χ4n) is 3.97. The highest BCUT2D eigenvalue weighted by Gasteiger charge is 2.07. The minimum atomic E-state index is -0.0658. The number of hydrogen-bond acceptors (Lipinski definition) is 4. The van der Waals surface area contributed by atoms with Crippen LogP contribution in [0.1, 0.15) is 109 Å². The molecule has 0 saturated carbocycles. The third-order valence-electron chi connectivity index (χ3n) is 6.26. The first kappa shape index (κ1) is 30.5. The average molecular weight is 477 g/mol. The standard InChI is InChI=1S/C30H52O4/c1-4-5-6-7-8-9-10-11-12-13-14-15-16-17-18-19-24-33-26-30(32-3)27-34-25-28-20-22-29(31-2)23-21-28/h19-24,30H,4-18,25-27H2,1-3H3/b24-19+/t30-/m0/s1. The number of methoxy groups -OCH3 is 2. The van der Waals surface area contributed by atoms with E-state index in [1.807, 2.05) is 30.5 Å². The van der Waals surface area contributed by atoms with Crippen LogP contribution in [0.2, 0.25) is 0 Å². The number of benzene rings is 1. The Hall–Kier alpha value is -1.52. The Labute approximate surface area is 210 Å². The molecule has 1 aromatic rings. The van der Waals surface area contributed by atoms with E-state index < -0.39 is 0 Å². The van der Waals surface area contributed by atoms with Gasteiger partial charge in [0.2, 0.25) is 0 Å². The van der Waals surface area contributed by atoms with Crippen molar-refractivity contribution in [3.05, 3.63) is 42.2 Å². The van der Waals surface area contributed by atoms with Gasteiger partial charge in [-0.05, 0) is 36.6 Å². The Morgan fingerprint density at radius 2 is 1.26 bits per heavy atom. The molecular weight excluding hydrogens is 424 g/mol. The zero-order chi connectivity index (χ0) is 24.5. The van der Waals surface area contributed by atoms with Crippen molar-refractivity contribution in [1.82, 2.24) is 0 Å². The maximum absolute atomic E-state index is 5.76. The summed E-state index contributed by atoms with van der Waals surface area (Å²) in [4.78, 5) is 0. The summed E-state index contributed by atoms with van der Waals surface area (Å²) in [6.07, 6.45) is 24.5. The molecule has 0 radical (unpaired) electrons. The van der Waals surface area contributed by atoms with Crippen LogP contribution >= 0.6 is 0 Å². The van der Waals surface area contributed by atoms with Gasteiger partial charge in [-0.25, -0.2) is 0 Å². The van der Waals surface area contributed by atoms with Crippen LogP contribution in [0.25, 0.3) is 0 Å². The van der Waals surface area contributed by atoms with E-state index in [0.717, 1.165) is 17.7 Å². The van der Waals surface area contributed by atoms with E-state index in [4.69, 9.17) is 18.9 Å². The van der Waals surface area contributed by atoms with Crippen LogP contribution in [0.5, 0.6) is 5.75 Å². The number of rotatable bonds is 24. The third-order valence-corrected chi connectivity index (χ3v) is 6.26. The van der Waals surface area contributed by atoms with Crippen molar-refractivity contribution in [3.63, 3.8) is 0 Å². The van der Waals surface area contributed by atoms with Crippen LogP contribution in [0.15, 0.2) is 36.6 Å². The Kier molecular flexibility index (Phi) is 20.8. The predicted octanol–water partition coefficient (Wildman–Crippen LogP) is 8.63. The highest BCUT2D eigenvalue weighted by molar-refractivity contribution is 5.26. The summed E-state index contributed by atoms with van der Waals surface area (Å²) in [5.41, 5.74) is 1.12. The molecule has 0 saturated heterocycles. The van der Waals surface area contributed by atoms with E-state index in [1.165, 1.54) is 89.9 Å². The maximum atomic E-state index is 5.76. The molecule has 0 bridgehead atoms. The lowest BCUT2D eigenvalue weighted by Crippen LogP contribution is -2.23. The topological polar surface area (TPSA) is 36.9 Å². The summed E-state index contributed by atoms with van der Waals surface area (Å²) >= 11 is 0. The van der Waals surface area contributed by atoms with Crippen molar-refractivity contribution in [2.75, 3.05) is 27.4 Å². The molecule has 4 heteroatoms. The summed E-state index contributed by atoms with van der Waals surface area (Å²) in [5.74, 6) is 0.854.